The molecule has 0 spiro atoms. The van der Waals surface area contributed by atoms with Crippen LogP contribution in [0.4, 0.5) is 24.2 Å². The van der Waals surface area contributed by atoms with Gasteiger partial charge < -0.3 is 26.4 Å². The Bertz CT molecular complexity index is 1330. The van der Waals surface area contributed by atoms with Gasteiger partial charge in [0.1, 0.15) is 17.5 Å². The van der Waals surface area contributed by atoms with Crippen LogP contribution in [-0.2, 0) is 17.8 Å². The minimum atomic E-state index is -1.33. The van der Waals surface area contributed by atoms with E-state index in [0.717, 1.165) is 0 Å². The molecule has 0 saturated carbocycles. The van der Waals surface area contributed by atoms with Gasteiger partial charge in [-0.15, -0.1) is 0 Å². The number of hydrogen-bond donors (Lipinski definition) is 5. The topological polar surface area (TPSA) is 150 Å². The molecular weight excluding hydrogens is 510 g/mol. The molecule has 1 atom stereocenters. The average Bonchev–Trinajstić information content (AvgIpc) is 2.87. The van der Waals surface area contributed by atoms with Crippen molar-refractivity contribution in [2.45, 2.75) is 19.0 Å². The SMILES string of the molecule is CN(C(=O)NCc1cccc(F)c1Cl)C(CNC(=O)CN)Cc1c(F)ccc2cnc(NC(=O)O)cc12. The van der Waals surface area contributed by atoms with Crippen molar-refractivity contribution in [3.05, 3.63) is 70.4 Å². The summed E-state index contributed by atoms with van der Waals surface area (Å²) in [5.74, 6) is -1.68. The predicted octanol–water partition coefficient (Wildman–Crippen LogP) is 3.08. The molecule has 1 aromatic heterocycles. The molecule has 0 fully saturated rings. The average molecular weight is 535 g/mol. The highest BCUT2D eigenvalue weighted by Gasteiger charge is 2.24. The number of amides is 4. The molecule has 10 nitrogen and oxygen atoms in total. The first-order valence-corrected chi connectivity index (χ1v) is 11.5. The Kier molecular flexibility index (Phi) is 9.15. The number of anilines is 1. The fourth-order valence-corrected chi connectivity index (χ4v) is 3.86. The number of benzene rings is 2. The Morgan fingerprint density at radius 3 is 2.62 bits per heavy atom. The van der Waals surface area contributed by atoms with Gasteiger partial charge in [-0.05, 0) is 47.2 Å². The summed E-state index contributed by atoms with van der Waals surface area (Å²) in [6, 6.07) is 7.02. The van der Waals surface area contributed by atoms with Crippen molar-refractivity contribution < 1.29 is 28.3 Å². The summed E-state index contributed by atoms with van der Waals surface area (Å²) in [4.78, 5) is 41.1. The van der Waals surface area contributed by atoms with Crippen LogP contribution in [0.1, 0.15) is 11.1 Å². The van der Waals surface area contributed by atoms with Crippen LogP contribution in [0, 0.1) is 11.6 Å². The first kappa shape index (κ1) is 27.6. The number of aromatic nitrogens is 1. The summed E-state index contributed by atoms with van der Waals surface area (Å²) < 4.78 is 28.7. The molecule has 3 rings (SSSR count). The Hall–Kier alpha value is -4.03. The zero-order valence-corrected chi connectivity index (χ0v) is 20.5. The standard InChI is InChI=1S/C24H25ClF2N6O4/c1-33(23(35)31-11-14-3-2-4-19(27)22(14)25)15(12-30-21(34)9-28)7-17-16-8-20(32-24(36)37)29-10-13(16)5-6-18(17)26/h2-6,8,10,15H,7,9,11-12,28H2,1H3,(H,29,32)(H,30,34)(H,31,35)(H,36,37). The summed E-state index contributed by atoms with van der Waals surface area (Å²) in [6.45, 7) is -0.402. The molecule has 1 unspecified atom stereocenters. The first-order chi connectivity index (χ1) is 17.6. The number of pyridine rings is 1. The summed E-state index contributed by atoms with van der Waals surface area (Å²) in [5.41, 5.74) is 5.92. The van der Waals surface area contributed by atoms with Crippen molar-refractivity contribution in [3.63, 3.8) is 0 Å². The third kappa shape index (κ3) is 7.02. The van der Waals surface area contributed by atoms with Crippen LogP contribution < -0.4 is 21.7 Å². The molecule has 3 aromatic rings. The minimum Gasteiger partial charge on any atom is -0.465 e. The number of halogens is 3. The summed E-state index contributed by atoms with van der Waals surface area (Å²) in [7, 11) is 1.46. The van der Waals surface area contributed by atoms with E-state index in [0.29, 0.717) is 16.3 Å². The maximum atomic E-state index is 15.0. The van der Waals surface area contributed by atoms with Crippen molar-refractivity contribution >= 4 is 46.2 Å². The van der Waals surface area contributed by atoms with Crippen LogP contribution in [0.25, 0.3) is 10.8 Å². The number of carboxylic acid groups (broad SMARTS) is 1. The van der Waals surface area contributed by atoms with Gasteiger partial charge in [-0.2, -0.15) is 0 Å². The monoisotopic (exact) mass is 534 g/mol. The molecule has 0 aliphatic carbocycles. The number of nitrogens with one attached hydrogen (secondary N) is 3. The second-order valence-corrected chi connectivity index (χ2v) is 8.47. The van der Waals surface area contributed by atoms with E-state index in [9.17, 15) is 18.8 Å². The number of likely N-dealkylation sites (N-methyl/N-ethyl adjacent to an activating group) is 1. The van der Waals surface area contributed by atoms with Crippen LogP contribution >= 0.6 is 11.6 Å². The predicted molar refractivity (Wildman–Crippen MR) is 134 cm³/mol. The Balaban J connectivity index is 1.88. The van der Waals surface area contributed by atoms with E-state index in [1.165, 1.54) is 48.5 Å². The molecule has 196 valence electrons. The third-order valence-electron chi connectivity index (χ3n) is 5.68. The highest BCUT2D eigenvalue weighted by Crippen LogP contribution is 2.26. The lowest BCUT2D eigenvalue weighted by molar-refractivity contribution is -0.119. The van der Waals surface area contributed by atoms with E-state index in [1.807, 2.05) is 0 Å². The number of rotatable bonds is 9. The Morgan fingerprint density at radius 1 is 1.16 bits per heavy atom. The van der Waals surface area contributed by atoms with Crippen molar-refractivity contribution in [2.24, 2.45) is 5.73 Å². The molecule has 0 saturated heterocycles. The molecule has 37 heavy (non-hydrogen) atoms. The van der Waals surface area contributed by atoms with Gasteiger partial charge in [0, 0.05) is 31.7 Å². The maximum absolute atomic E-state index is 15.0. The van der Waals surface area contributed by atoms with Gasteiger partial charge in [0.2, 0.25) is 5.91 Å². The van der Waals surface area contributed by atoms with Crippen LogP contribution in [0.3, 0.4) is 0 Å². The van der Waals surface area contributed by atoms with E-state index in [-0.39, 0.29) is 42.5 Å². The smallest absolute Gasteiger partial charge is 0.410 e. The second-order valence-electron chi connectivity index (χ2n) is 8.10. The largest absolute Gasteiger partial charge is 0.465 e. The van der Waals surface area contributed by atoms with Gasteiger partial charge in [0.15, 0.2) is 0 Å². The molecule has 0 radical (unpaired) electrons. The molecule has 0 aliphatic rings. The third-order valence-corrected chi connectivity index (χ3v) is 6.11. The molecule has 13 heteroatoms. The van der Waals surface area contributed by atoms with Crippen molar-refractivity contribution in [2.75, 3.05) is 25.5 Å². The van der Waals surface area contributed by atoms with Gasteiger partial charge in [0.25, 0.3) is 0 Å². The van der Waals surface area contributed by atoms with E-state index in [1.54, 1.807) is 6.07 Å². The molecule has 4 amide bonds. The zero-order valence-electron chi connectivity index (χ0n) is 19.7. The summed E-state index contributed by atoms with van der Waals surface area (Å²) in [5, 5.41) is 17.2. The lowest BCUT2D eigenvalue weighted by Gasteiger charge is -2.29. The zero-order chi connectivity index (χ0) is 27.1. The Morgan fingerprint density at radius 2 is 1.92 bits per heavy atom. The van der Waals surface area contributed by atoms with Crippen LogP contribution in [0.2, 0.25) is 5.02 Å². The number of nitrogens with zero attached hydrogens (tertiary/aromatic N) is 2. The van der Waals surface area contributed by atoms with E-state index >= 15 is 4.39 Å². The molecule has 0 aliphatic heterocycles. The number of fused-ring (bicyclic) bond motifs is 1. The molecular formula is C24H25ClF2N6O4. The molecule has 0 bridgehead atoms. The minimum absolute atomic E-state index is 0.00194. The number of carbonyl (C=O) groups is 3. The quantitative estimate of drug-likeness (QED) is 0.285. The van der Waals surface area contributed by atoms with Gasteiger partial charge in [0.05, 0.1) is 17.6 Å². The number of hydrogen-bond acceptors (Lipinski definition) is 5. The van der Waals surface area contributed by atoms with Crippen molar-refractivity contribution in [1.29, 1.82) is 0 Å². The highest BCUT2D eigenvalue weighted by atomic mass is 35.5. The fourth-order valence-electron chi connectivity index (χ4n) is 3.67. The summed E-state index contributed by atoms with van der Waals surface area (Å²) in [6.07, 6.45) is 0.0188. The molecule has 1 heterocycles. The summed E-state index contributed by atoms with van der Waals surface area (Å²) >= 11 is 5.96. The number of urea groups is 1. The lowest BCUT2D eigenvalue weighted by atomic mass is 9.98. The maximum Gasteiger partial charge on any atom is 0.410 e. The highest BCUT2D eigenvalue weighted by molar-refractivity contribution is 6.31. The lowest BCUT2D eigenvalue weighted by Crippen LogP contribution is -2.50. The second kappa shape index (κ2) is 12.3. The van der Waals surface area contributed by atoms with E-state index in [4.69, 9.17) is 22.4 Å². The van der Waals surface area contributed by atoms with E-state index < -0.39 is 35.7 Å². The van der Waals surface area contributed by atoms with Gasteiger partial charge >= 0.3 is 12.1 Å². The number of carbonyl (C=O) groups excluding carboxylic acids is 2. The van der Waals surface area contributed by atoms with Crippen LogP contribution in [0.5, 0.6) is 0 Å². The first-order valence-electron chi connectivity index (χ1n) is 11.1. The van der Waals surface area contributed by atoms with Gasteiger partial charge in [-0.25, -0.2) is 23.4 Å². The van der Waals surface area contributed by atoms with Gasteiger partial charge in [-0.3, -0.25) is 10.1 Å². The van der Waals surface area contributed by atoms with Crippen molar-refractivity contribution in [1.82, 2.24) is 20.5 Å². The van der Waals surface area contributed by atoms with Crippen molar-refractivity contribution in [3.8, 4) is 0 Å². The normalized spacial score (nSPS) is 11.6. The Labute approximate surface area is 215 Å². The molecule has 2 aromatic carbocycles. The molecule has 6 N–H and O–H groups in total. The number of nitrogens with two attached hydrogens (primary N) is 1. The van der Waals surface area contributed by atoms with Crippen LogP contribution in [-0.4, -0.2) is 59.2 Å². The van der Waals surface area contributed by atoms with Crippen LogP contribution in [0.15, 0.2) is 42.6 Å². The van der Waals surface area contributed by atoms with E-state index in [2.05, 4.69) is 20.9 Å². The van der Waals surface area contributed by atoms with Gasteiger partial charge in [-0.1, -0.05) is 23.7 Å². The fraction of sp³-hybridized carbons (Fsp3) is 0.250.